The summed E-state index contributed by atoms with van der Waals surface area (Å²) in [4.78, 5) is 20.7. The highest BCUT2D eigenvalue weighted by molar-refractivity contribution is 7.22. The molecule has 0 bridgehead atoms. The summed E-state index contributed by atoms with van der Waals surface area (Å²) in [6.45, 7) is 3.08. The summed E-state index contributed by atoms with van der Waals surface area (Å²) in [6, 6.07) is 9.68. The predicted octanol–water partition coefficient (Wildman–Crippen LogP) is 3.32. The molecule has 5 rings (SSSR count). The van der Waals surface area contributed by atoms with Crippen LogP contribution in [0.25, 0.3) is 32.6 Å². The monoisotopic (exact) mass is 423 g/mol. The Labute approximate surface area is 176 Å². The number of hydrogen-bond donors (Lipinski definition) is 2. The Morgan fingerprint density at radius 1 is 1.23 bits per heavy atom. The number of carbonyl (C=O) groups excluding carboxylic acids is 1. The number of fused-ring (bicyclic) bond motifs is 1. The van der Waals surface area contributed by atoms with Crippen molar-refractivity contribution in [3.8, 4) is 22.9 Å². The summed E-state index contributed by atoms with van der Waals surface area (Å²) in [5.74, 6) is 1.53. The van der Waals surface area contributed by atoms with Gasteiger partial charge in [-0.05, 0) is 38.0 Å². The number of nitrogen functional groups attached to an aromatic ring is 1. The molecule has 8 nitrogen and oxygen atoms in total. The molecule has 2 aromatic heterocycles. The fraction of sp³-hybridized carbons (Fsp3) is 0.286. The van der Waals surface area contributed by atoms with Gasteiger partial charge in [0, 0.05) is 24.2 Å². The van der Waals surface area contributed by atoms with Crippen LogP contribution in [0.5, 0.6) is 11.5 Å². The van der Waals surface area contributed by atoms with Gasteiger partial charge in [0.2, 0.25) is 0 Å². The van der Waals surface area contributed by atoms with E-state index >= 15 is 0 Å². The van der Waals surface area contributed by atoms with Crippen molar-refractivity contribution in [2.75, 3.05) is 12.3 Å². The molecule has 9 heteroatoms. The van der Waals surface area contributed by atoms with Crippen LogP contribution in [0.1, 0.15) is 19.8 Å². The largest absolute Gasteiger partial charge is 0.491 e. The maximum Gasteiger partial charge on any atom is 0.258 e. The number of benzene rings is 2. The minimum absolute atomic E-state index is 0.506. The van der Waals surface area contributed by atoms with E-state index in [1.807, 2.05) is 24.3 Å². The van der Waals surface area contributed by atoms with Gasteiger partial charge in [-0.2, -0.15) is 0 Å². The quantitative estimate of drug-likeness (QED) is 0.520. The number of aromatic nitrogens is 3. The number of nitrogens with zero attached hydrogens (tertiary/aromatic N) is 3. The van der Waals surface area contributed by atoms with Gasteiger partial charge in [0.25, 0.3) is 5.91 Å². The van der Waals surface area contributed by atoms with Crippen LogP contribution in [0.3, 0.4) is 0 Å². The number of aryl methyl sites for hydroxylation is 1. The molecule has 0 spiro atoms. The molecule has 3 heterocycles. The van der Waals surface area contributed by atoms with Gasteiger partial charge in [0.05, 0.1) is 22.3 Å². The van der Waals surface area contributed by atoms with E-state index in [0.29, 0.717) is 23.2 Å². The third-order valence-electron chi connectivity index (χ3n) is 5.19. The predicted molar refractivity (Wildman–Crippen MR) is 117 cm³/mol. The maximum absolute atomic E-state index is 11.4. The smallest absolute Gasteiger partial charge is 0.258 e. The first-order valence-electron chi connectivity index (χ1n) is 9.79. The van der Waals surface area contributed by atoms with Crippen LogP contribution in [-0.2, 0) is 11.3 Å². The molecule has 0 saturated carbocycles. The van der Waals surface area contributed by atoms with Gasteiger partial charge in [0.15, 0.2) is 11.2 Å². The third-order valence-corrected chi connectivity index (χ3v) is 6.04. The van der Waals surface area contributed by atoms with Gasteiger partial charge in [-0.15, -0.1) is 0 Å². The summed E-state index contributed by atoms with van der Waals surface area (Å²) < 4.78 is 14.9. The Balaban J connectivity index is 1.68. The van der Waals surface area contributed by atoms with E-state index < -0.39 is 12.0 Å². The fourth-order valence-electron chi connectivity index (χ4n) is 3.72. The first kappa shape index (κ1) is 18.7. The van der Waals surface area contributed by atoms with Crippen LogP contribution in [-0.4, -0.2) is 33.2 Å². The number of rotatable bonds is 4. The van der Waals surface area contributed by atoms with Gasteiger partial charge in [-0.3, -0.25) is 4.79 Å². The zero-order valence-electron chi connectivity index (χ0n) is 16.4. The van der Waals surface area contributed by atoms with Gasteiger partial charge in [0.1, 0.15) is 22.8 Å². The van der Waals surface area contributed by atoms with Crippen LogP contribution < -0.4 is 20.9 Å². The normalized spacial score (nSPS) is 14.8. The van der Waals surface area contributed by atoms with Gasteiger partial charge >= 0.3 is 0 Å². The van der Waals surface area contributed by atoms with Crippen LogP contribution in [0, 0.1) is 0 Å². The van der Waals surface area contributed by atoms with Crippen LogP contribution in [0.4, 0.5) is 5.13 Å². The minimum atomic E-state index is -0.746. The first-order valence-corrected chi connectivity index (χ1v) is 10.6. The maximum atomic E-state index is 11.4. The lowest BCUT2D eigenvalue weighted by Crippen LogP contribution is -2.30. The molecule has 154 valence electrons. The second-order valence-electron chi connectivity index (χ2n) is 7.33. The van der Waals surface area contributed by atoms with Crippen LogP contribution in [0.15, 0.2) is 30.3 Å². The van der Waals surface area contributed by atoms with Gasteiger partial charge < -0.3 is 25.5 Å². The Morgan fingerprint density at radius 3 is 2.93 bits per heavy atom. The van der Waals surface area contributed by atoms with Gasteiger partial charge in [-0.1, -0.05) is 11.3 Å². The zero-order chi connectivity index (χ0) is 20.8. The molecule has 0 radical (unpaired) electrons. The number of hydrogen-bond acceptors (Lipinski definition) is 7. The van der Waals surface area contributed by atoms with Crippen LogP contribution >= 0.6 is 11.3 Å². The van der Waals surface area contributed by atoms with Crippen molar-refractivity contribution >= 4 is 43.6 Å². The molecule has 4 aromatic rings. The SMILES string of the molecule is C[C@H](Oc1cc2c3c(c1)nc(-c1ccc4nc(N)sc4c1)n3CCCCO2)C(N)=O. The molecule has 1 atom stereocenters. The molecule has 1 aliphatic rings. The summed E-state index contributed by atoms with van der Waals surface area (Å²) in [5.41, 5.74) is 14.8. The summed E-state index contributed by atoms with van der Waals surface area (Å²) in [7, 11) is 0. The van der Waals surface area contributed by atoms with Crippen molar-refractivity contribution in [2.45, 2.75) is 32.4 Å². The summed E-state index contributed by atoms with van der Waals surface area (Å²) >= 11 is 1.46. The lowest BCUT2D eigenvalue weighted by atomic mass is 10.2. The summed E-state index contributed by atoms with van der Waals surface area (Å²) in [6.07, 6.45) is 1.18. The number of primary amides is 1. The van der Waals surface area contributed by atoms with E-state index in [0.717, 1.165) is 52.0 Å². The van der Waals surface area contributed by atoms with E-state index in [9.17, 15) is 4.79 Å². The summed E-state index contributed by atoms with van der Waals surface area (Å²) in [5, 5.41) is 0.547. The molecule has 1 aliphatic heterocycles. The number of carbonyl (C=O) groups is 1. The lowest BCUT2D eigenvalue weighted by Gasteiger charge is -2.18. The molecule has 2 aromatic carbocycles. The van der Waals surface area contributed by atoms with Gasteiger partial charge in [-0.25, -0.2) is 9.97 Å². The van der Waals surface area contributed by atoms with Crippen molar-refractivity contribution in [3.05, 3.63) is 30.3 Å². The average Bonchev–Trinajstić information content (AvgIpc) is 3.24. The zero-order valence-corrected chi connectivity index (χ0v) is 17.2. The lowest BCUT2D eigenvalue weighted by molar-refractivity contribution is -0.123. The molecule has 4 N–H and O–H groups in total. The molecular formula is C21H21N5O3S. The van der Waals surface area contributed by atoms with E-state index in [2.05, 4.69) is 15.6 Å². The molecule has 0 unspecified atom stereocenters. The van der Waals surface area contributed by atoms with Crippen molar-refractivity contribution in [3.63, 3.8) is 0 Å². The number of nitrogens with two attached hydrogens (primary N) is 2. The number of thiazole rings is 1. The average molecular weight is 423 g/mol. The van der Waals surface area contributed by atoms with E-state index in [-0.39, 0.29) is 0 Å². The van der Waals surface area contributed by atoms with E-state index in [4.69, 9.17) is 25.9 Å². The highest BCUT2D eigenvalue weighted by atomic mass is 32.1. The third kappa shape index (κ3) is 3.21. The van der Waals surface area contributed by atoms with Crippen molar-refractivity contribution in [1.29, 1.82) is 0 Å². The molecule has 0 aliphatic carbocycles. The standard InChI is InChI=1S/C21H21N5O3S/c1-11(19(22)27)29-13-9-15-18-16(10-13)28-7-3-2-6-26(18)20(24-15)12-4-5-14-17(8-12)30-21(23)25-14/h4-5,8-11H,2-3,6-7H2,1H3,(H2,22,27)(H2,23,25)/t11-/m0/s1. The second-order valence-corrected chi connectivity index (χ2v) is 8.39. The van der Waals surface area contributed by atoms with Crippen molar-refractivity contribution in [2.24, 2.45) is 5.73 Å². The Hall–Kier alpha value is -3.33. The molecule has 0 fully saturated rings. The Morgan fingerprint density at radius 2 is 2.10 bits per heavy atom. The highest BCUT2D eigenvalue weighted by Gasteiger charge is 2.21. The topological polar surface area (TPSA) is 118 Å². The molecular weight excluding hydrogens is 402 g/mol. The number of amides is 1. The minimum Gasteiger partial charge on any atom is -0.491 e. The Kier molecular flexibility index (Phi) is 4.47. The number of anilines is 1. The molecule has 0 saturated heterocycles. The van der Waals surface area contributed by atoms with Crippen molar-refractivity contribution in [1.82, 2.24) is 14.5 Å². The second kappa shape index (κ2) is 7.17. The first-order chi connectivity index (χ1) is 14.5. The molecule has 30 heavy (non-hydrogen) atoms. The van der Waals surface area contributed by atoms with Crippen molar-refractivity contribution < 1.29 is 14.3 Å². The van der Waals surface area contributed by atoms with Crippen LogP contribution in [0.2, 0.25) is 0 Å². The van der Waals surface area contributed by atoms with E-state index in [1.54, 1.807) is 6.92 Å². The highest BCUT2D eigenvalue weighted by Crippen LogP contribution is 2.37. The number of imidazole rings is 1. The van der Waals surface area contributed by atoms with E-state index in [1.165, 1.54) is 11.3 Å². The fourth-order valence-corrected chi connectivity index (χ4v) is 4.49. The molecule has 1 amide bonds. The number of ether oxygens (including phenoxy) is 2. The Bertz CT molecular complexity index is 1280.